The molecule has 3 N–H and O–H groups in total. The number of rotatable bonds is 3. The molecular formula is C14H13BrN2OS. The molecule has 19 heavy (non-hydrogen) atoms. The Labute approximate surface area is 124 Å². The zero-order chi connectivity index (χ0) is 13.8. The van der Waals surface area contributed by atoms with E-state index in [1.54, 1.807) is 30.9 Å². The standard InChI is InChI=1S/C14H13BrN2OS/c1-17-14(18)9-2-7-13(12(16)8-9)19-11-5-3-10(15)4-6-11/h2-8H,16H2,1H3,(H,17,18). The Balaban J connectivity index is 2.22. The van der Waals surface area contributed by atoms with Gasteiger partial charge in [-0.05, 0) is 42.5 Å². The highest BCUT2D eigenvalue weighted by Crippen LogP contribution is 2.33. The van der Waals surface area contributed by atoms with E-state index in [9.17, 15) is 4.79 Å². The van der Waals surface area contributed by atoms with Crippen molar-refractivity contribution in [3.63, 3.8) is 0 Å². The van der Waals surface area contributed by atoms with Gasteiger partial charge < -0.3 is 11.1 Å². The normalized spacial score (nSPS) is 10.2. The average Bonchev–Trinajstić information content (AvgIpc) is 2.42. The molecule has 0 fully saturated rings. The molecule has 0 heterocycles. The highest BCUT2D eigenvalue weighted by atomic mass is 79.9. The van der Waals surface area contributed by atoms with Crippen molar-refractivity contribution in [2.75, 3.05) is 12.8 Å². The summed E-state index contributed by atoms with van der Waals surface area (Å²) >= 11 is 4.97. The van der Waals surface area contributed by atoms with Crippen molar-refractivity contribution in [1.29, 1.82) is 0 Å². The van der Waals surface area contributed by atoms with Crippen LogP contribution in [0.5, 0.6) is 0 Å². The van der Waals surface area contributed by atoms with Crippen LogP contribution in [0.1, 0.15) is 10.4 Å². The lowest BCUT2D eigenvalue weighted by atomic mass is 10.2. The van der Waals surface area contributed by atoms with Crippen LogP contribution in [0.4, 0.5) is 5.69 Å². The molecule has 0 atom stereocenters. The molecule has 0 spiro atoms. The van der Waals surface area contributed by atoms with Crippen LogP contribution in [0.15, 0.2) is 56.7 Å². The van der Waals surface area contributed by atoms with E-state index in [0.717, 1.165) is 14.3 Å². The molecule has 3 nitrogen and oxygen atoms in total. The zero-order valence-corrected chi connectivity index (χ0v) is 12.7. The second-order valence-corrected chi connectivity index (χ2v) is 5.92. The fourth-order valence-electron chi connectivity index (χ4n) is 1.56. The number of nitrogens with two attached hydrogens (primary N) is 1. The van der Waals surface area contributed by atoms with Gasteiger partial charge >= 0.3 is 0 Å². The van der Waals surface area contributed by atoms with Gasteiger partial charge in [0.15, 0.2) is 0 Å². The molecule has 0 bridgehead atoms. The molecule has 5 heteroatoms. The summed E-state index contributed by atoms with van der Waals surface area (Å²) in [6.07, 6.45) is 0. The van der Waals surface area contributed by atoms with Crippen LogP contribution in [-0.2, 0) is 0 Å². The highest BCUT2D eigenvalue weighted by Gasteiger charge is 2.07. The van der Waals surface area contributed by atoms with Gasteiger partial charge in [0, 0.05) is 32.6 Å². The number of nitrogens with one attached hydrogen (secondary N) is 1. The number of benzene rings is 2. The predicted octanol–water partition coefficient (Wildman–Crippen LogP) is 3.54. The van der Waals surface area contributed by atoms with E-state index in [2.05, 4.69) is 21.2 Å². The van der Waals surface area contributed by atoms with Crippen molar-refractivity contribution in [3.05, 3.63) is 52.5 Å². The van der Waals surface area contributed by atoms with Crippen molar-refractivity contribution in [3.8, 4) is 0 Å². The van der Waals surface area contributed by atoms with Crippen LogP contribution in [0.2, 0.25) is 0 Å². The Morgan fingerprint density at radius 1 is 1.21 bits per heavy atom. The predicted molar refractivity (Wildman–Crippen MR) is 82.5 cm³/mol. The smallest absolute Gasteiger partial charge is 0.251 e. The second-order valence-electron chi connectivity index (χ2n) is 3.89. The van der Waals surface area contributed by atoms with Crippen LogP contribution in [0.25, 0.3) is 0 Å². The van der Waals surface area contributed by atoms with Crippen LogP contribution < -0.4 is 11.1 Å². The molecule has 0 aliphatic carbocycles. The summed E-state index contributed by atoms with van der Waals surface area (Å²) < 4.78 is 1.04. The zero-order valence-electron chi connectivity index (χ0n) is 10.3. The molecule has 0 aliphatic heterocycles. The number of amides is 1. The number of halogens is 1. The van der Waals surface area contributed by atoms with Crippen molar-refractivity contribution in [2.24, 2.45) is 0 Å². The molecule has 0 saturated carbocycles. The summed E-state index contributed by atoms with van der Waals surface area (Å²) in [5.41, 5.74) is 7.16. The largest absolute Gasteiger partial charge is 0.398 e. The van der Waals surface area contributed by atoms with Gasteiger partial charge in [-0.25, -0.2) is 0 Å². The molecule has 0 aliphatic rings. The monoisotopic (exact) mass is 336 g/mol. The first-order valence-electron chi connectivity index (χ1n) is 5.65. The van der Waals surface area contributed by atoms with Gasteiger partial charge in [-0.2, -0.15) is 0 Å². The van der Waals surface area contributed by atoms with Crippen LogP contribution in [-0.4, -0.2) is 13.0 Å². The Hall–Kier alpha value is -1.46. The molecule has 0 radical (unpaired) electrons. The van der Waals surface area contributed by atoms with Crippen LogP contribution in [0, 0.1) is 0 Å². The number of carbonyl (C=O) groups excluding carboxylic acids is 1. The van der Waals surface area contributed by atoms with Gasteiger partial charge in [-0.15, -0.1) is 0 Å². The summed E-state index contributed by atoms with van der Waals surface area (Å²) in [4.78, 5) is 13.5. The molecular weight excluding hydrogens is 324 g/mol. The van der Waals surface area contributed by atoms with E-state index in [1.807, 2.05) is 30.3 Å². The average molecular weight is 337 g/mol. The number of nitrogen functional groups attached to an aromatic ring is 1. The van der Waals surface area contributed by atoms with E-state index in [0.29, 0.717) is 11.3 Å². The first-order chi connectivity index (χ1) is 9.10. The maximum Gasteiger partial charge on any atom is 0.251 e. The highest BCUT2D eigenvalue weighted by molar-refractivity contribution is 9.10. The molecule has 2 rings (SSSR count). The lowest BCUT2D eigenvalue weighted by Crippen LogP contribution is -2.17. The molecule has 98 valence electrons. The second kappa shape index (κ2) is 6.12. The SMILES string of the molecule is CNC(=O)c1ccc(Sc2ccc(Br)cc2)c(N)c1. The number of hydrogen-bond acceptors (Lipinski definition) is 3. The van der Waals surface area contributed by atoms with Crippen molar-refractivity contribution < 1.29 is 4.79 Å². The van der Waals surface area contributed by atoms with Gasteiger partial charge in [0.25, 0.3) is 5.91 Å². The Morgan fingerprint density at radius 3 is 2.47 bits per heavy atom. The van der Waals surface area contributed by atoms with Gasteiger partial charge in [0.05, 0.1) is 0 Å². The fraction of sp³-hybridized carbons (Fsp3) is 0.0714. The Kier molecular flexibility index (Phi) is 4.50. The van der Waals surface area contributed by atoms with Crippen molar-refractivity contribution >= 4 is 39.3 Å². The van der Waals surface area contributed by atoms with Crippen molar-refractivity contribution in [1.82, 2.24) is 5.32 Å². The molecule has 1 amide bonds. The minimum absolute atomic E-state index is 0.133. The van der Waals surface area contributed by atoms with Gasteiger partial charge in [-0.1, -0.05) is 27.7 Å². The first-order valence-corrected chi connectivity index (χ1v) is 7.26. The molecule has 2 aromatic carbocycles. The summed E-state index contributed by atoms with van der Waals surface area (Å²) in [7, 11) is 1.60. The molecule has 0 aromatic heterocycles. The lowest BCUT2D eigenvalue weighted by Gasteiger charge is -2.07. The molecule has 0 saturated heterocycles. The maximum atomic E-state index is 11.5. The van der Waals surface area contributed by atoms with Gasteiger partial charge in [0.2, 0.25) is 0 Å². The number of carbonyl (C=O) groups is 1. The van der Waals surface area contributed by atoms with E-state index in [1.165, 1.54) is 0 Å². The van der Waals surface area contributed by atoms with E-state index >= 15 is 0 Å². The number of hydrogen-bond donors (Lipinski definition) is 2. The summed E-state index contributed by atoms with van der Waals surface area (Å²) in [5.74, 6) is -0.133. The first kappa shape index (κ1) is 14.0. The quantitative estimate of drug-likeness (QED) is 0.843. The van der Waals surface area contributed by atoms with Crippen LogP contribution >= 0.6 is 27.7 Å². The van der Waals surface area contributed by atoms with Crippen LogP contribution in [0.3, 0.4) is 0 Å². The number of anilines is 1. The minimum atomic E-state index is -0.133. The third-order valence-electron chi connectivity index (χ3n) is 2.54. The fourth-order valence-corrected chi connectivity index (χ4v) is 2.66. The van der Waals surface area contributed by atoms with Gasteiger partial charge in [-0.3, -0.25) is 4.79 Å². The molecule has 2 aromatic rings. The maximum absolute atomic E-state index is 11.5. The van der Waals surface area contributed by atoms with E-state index in [4.69, 9.17) is 5.73 Å². The van der Waals surface area contributed by atoms with Crippen molar-refractivity contribution in [2.45, 2.75) is 9.79 Å². The lowest BCUT2D eigenvalue weighted by molar-refractivity contribution is 0.0963. The summed E-state index contributed by atoms with van der Waals surface area (Å²) in [5, 5.41) is 2.58. The van der Waals surface area contributed by atoms with Gasteiger partial charge in [0.1, 0.15) is 0 Å². The topological polar surface area (TPSA) is 55.1 Å². The Morgan fingerprint density at radius 2 is 1.89 bits per heavy atom. The Bertz CT molecular complexity index is 599. The summed E-state index contributed by atoms with van der Waals surface area (Å²) in [6.45, 7) is 0. The third kappa shape index (κ3) is 3.52. The third-order valence-corrected chi connectivity index (χ3v) is 4.17. The minimum Gasteiger partial charge on any atom is -0.398 e. The van der Waals surface area contributed by atoms with E-state index in [-0.39, 0.29) is 5.91 Å². The molecule has 0 unspecified atom stereocenters. The summed E-state index contributed by atoms with van der Waals surface area (Å²) in [6, 6.07) is 13.3. The van der Waals surface area contributed by atoms with E-state index < -0.39 is 0 Å².